The lowest BCUT2D eigenvalue weighted by molar-refractivity contribution is -0.141. The lowest BCUT2D eigenvalue weighted by Gasteiger charge is -2.48. The van der Waals surface area contributed by atoms with Crippen LogP contribution in [0.4, 0.5) is 4.79 Å². The highest BCUT2D eigenvalue weighted by Gasteiger charge is 2.54. The number of carbonyl (C=O) groups excluding carboxylic acids is 4. The molecule has 2 rings (SSSR count). The first-order valence-electron chi connectivity index (χ1n) is 25.1. The molecule has 0 spiro atoms. The van der Waals surface area contributed by atoms with Crippen molar-refractivity contribution in [1.29, 1.82) is 0 Å². The van der Waals surface area contributed by atoms with E-state index < -0.39 is 21.9 Å². The molecule has 2 N–H and O–H groups in total. The van der Waals surface area contributed by atoms with E-state index in [1.807, 2.05) is 20.8 Å². The molecule has 1 unspecified atom stereocenters. The summed E-state index contributed by atoms with van der Waals surface area (Å²) in [5.74, 6) is 0.869. The van der Waals surface area contributed by atoms with Crippen molar-refractivity contribution < 1.29 is 23.9 Å². The van der Waals surface area contributed by atoms with Crippen molar-refractivity contribution in [3.8, 4) is 0 Å². The third-order valence-corrected chi connectivity index (χ3v) is 13.1. The van der Waals surface area contributed by atoms with Crippen molar-refractivity contribution in [2.45, 2.75) is 273 Å². The summed E-state index contributed by atoms with van der Waals surface area (Å²) in [6.45, 7) is 40.1. The Morgan fingerprint density at radius 1 is 0.548 bits per heavy atom. The number of ether oxygens (including phenoxy) is 1. The van der Waals surface area contributed by atoms with Gasteiger partial charge in [-0.25, -0.2) is 4.79 Å². The number of carbonyl (C=O) groups is 4. The summed E-state index contributed by atoms with van der Waals surface area (Å²) < 4.78 is 5.70. The minimum Gasteiger partial charge on any atom is -0.449 e. The molecule has 0 aromatic carbocycles. The average Bonchev–Trinajstić information content (AvgIpc) is 3.74. The molecule has 1 amide bonds. The molecule has 0 aromatic heterocycles. The molecule has 2 fully saturated rings. The highest BCUT2D eigenvalue weighted by molar-refractivity contribution is 5.94. The van der Waals surface area contributed by atoms with Crippen LogP contribution < -0.4 is 10.6 Å². The molecule has 9 nitrogen and oxygen atoms in total. The maximum atomic E-state index is 14.4. The predicted octanol–water partition coefficient (Wildman–Crippen LogP) is 12.4. The smallest absolute Gasteiger partial charge is 0.409 e. The van der Waals surface area contributed by atoms with Gasteiger partial charge in [0.1, 0.15) is 0 Å². The molecular formula is C53H100N4O5. The maximum Gasteiger partial charge on any atom is 0.409 e. The average molecular weight is 873 g/mol. The topological polar surface area (TPSA) is 108 Å². The zero-order valence-corrected chi connectivity index (χ0v) is 44.0. The second kappa shape index (κ2) is 22.1. The summed E-state index contributed by atoms with van der Waals surface area (Å²) in [4.78, 5) is 59.2. The Morgan fingerprint density at radius 3 is 1.48 bits per heavy atom. The Labute approximate surface area is 382 Å². The second-order valence-electron chi connectivity index (χ2n) is 25.9. The van der Waals surface area contributed by atoms with Crippen LogP contribution in [-0.2, 0) is 19.1 Å². The molecular weight excluding hydrogens is 773 g/mol. The number of nitrogens with zero attached hydrogens (tertiary/aromatic N) is 2. The number of amides is 1. The van der Waals surface area contributed by atoms with Crippen LogP contribution in [0.2, 0.25) is 0 Å². The fourth-order valence-electron chi connectivity index (χ4n) is 10.9. The number of Topliss-reactive ketones (excluding diaryl/α,β-unsaturated/α-hetero) is 3. The van der Waals surface area contributed by atoms with Gasteiger partial charge in [-0.3, -0.25) is 24.6 Å². The van der Waals surface area contributed by atoms with E-state index in [0.29, 0.717) is 37.7 Å². The summed E-state index contributed by atoms with van der Waals surface area (Å²) in [5, 5.41) is 7.45. The van der Waals surface area contributed by atoms with Gasteiger partial charge in [-0.2, -0.15) is 0 Å². The molecule has 3 atom stereocenters. The third-order valence-electron chi connectivity index (χ3n) is 13.1. The Bertz CT molecular complexity index is 1450. The van der Waals surface area contributed by atoms with Crippen LogP contribution in [0.5, 0.6) is 0 Å². The van der Waals surface area contributed by atoms with Gasteiger partial charge in [0.2, 0.25) is 0 Å². The highest BCUT2D eigenvalue weighted by Crippen LogP contribution is 2.44. The second-order valence-corrected chi connectivity index (χ2v) is 25.9. The summed E-state index contributed by atoms with van der Waals surface area (Å²) >= 11 is 0. The van der Waals surface area contributed by atoms with Crippen LogP contribution in [0.15, 0.2) is 0 Å². The van der Waals surface area contributed by atoms with Crippen LogP contribution in [0.25, 0.3) is 0 Å². The molecule has 2 saturated heterocycles. The predicted molar refractivity (Wildman–Crippen MR) is 260 cm³/mol. The van der Waals surface area contributed by atoms with Crippen LogP contribution in [0.3, 0.4) is 0 Å². The van der Waals surface area contributed by atoms with Crippen LogP contribution in [-0.4, -0.2) is 92.7 Å². The highest BCUT2D eigenvalue weighted by atomic mass is 16.6. The SMILES string of the molecule is CC(C)(C)NC(CCCCCCCCCOC(=O)N1CC[C@@](NC(C)(C)C)(C(=O)C(C)(C)C)C1)(CCCCCCC[C@@]1(C(=O)C(C)(C)C)CCCN1C(C)(C)C)C(=O)C(C)(C)C. The molecule has 2 heterocycles. The number of hydrogen-bond donors (Lipinski definition) is 2. The van der Waals surface area contributed by atoms with E-state index in [0.717, 1.165) is 116 Å². The maximum absolute atomic E-state index is 14.4. The van der Waals surface area contributed by atoms with Crippen LogP contribution in [0, 0.1) is 16.2 Å². The van der Waals surface area contributed by atoms with E-state index in [2.05, 4.69) is 119 Å². The van der Waals surface area contributed by atoms with Gasteiger partial charge < -0.3 is 15.0 Å². The van der Waals surface area contributed by atoms with Crippen LogP contribution in [0.1, 0.15) is 240 Å². The number of rotatable bonds is 23. The van der Waals surface area contributed by atoms with Crippen molar-refractivity contribution >= 4 is 23.4 Å². The van der Waals surface area contributed by atoms with Gasteiger partial charge >= 0.3 is 6.09 Å². The Morgan fingerprint density at radius 2 is 1.03 bits per heavy atom. The van der Waals surface area contributed by atoms with Gasteiger partial charge in [-0.15, -0.1) is 0 Å². The van der Waals surface area contributed by atoms with Crippen molar-refractivity contribution in [1.82, 2.24) is 20.4 Å². The monoisotopic (exact) mass is 873 g/mol. The van der Waals surface area contributed by atoms with Crippen molar-refractivity contribution in [3.63, 3.8) is 0 Å². The minimum atomic E-state index is -0.761. The lowest BCUT2D eigenvalue weighted by atomic mass is 9.71. The number of ketones is 3. The quantitative estimate of drug-likeness (QED) is 0.0978. The zero-order chi connectivity index (χ0) is 47.6. The fourth-order valence-corrected chi connectivity index (χ4v) is 10.9. The zero-order valence-electron chi connectivity index (χ0n) is 44.0. The van der Waals surface area contributed by atoms with Gasteiger partial charge in [0.25, 0.3) is 0 Å². The summed E-state index contributed by atoms with van der Waals surface area (Å²) in [6, 6.07) is 0. The summed E-state index contributed by atoms with van der Waals surface area (Å²) in [7, 11) is 0. The van der Waals surface area contributed by atoms with Gasteiger partial charge in [-0.1, -0.05) is 133 Å². The minimum absolute atomic E-state index is 0.0384. The molecule has 0 aromatic rings. The van der Waals surface area contributed by atoms with Gasteiger partial charge in [0.05, 0.1) is 23.2 Å². The van der Waals surface area contributed by atoms with E-state index in [4.69, 9.17) is 4.74 Å². The van der Waals surface area contributed by atoms with Gasteiger partial charge in [0, 0.05) is 46.0 Å². The Balaban J connectivity index is 1.87. The lowest BCUT2D eigenvalue weighted by Crippen LogP contribution is -2.63. The number of hydrogen-bond acceptors (Lipinski definition) is 8. The van der Waals surface area contributed by atoms with E-state index in [1.54, 1.807) is 4.90 Å². The number of nitrogens with one attached hydrogen (secondary N) is 2. The summed E-state index contributed by atoms with van der Waals surface area (Å²) in [6.07, 6.45) is 17.6. The normalized spacial score (nSPS) is 21.9. The molecule has 0 saturated carbocycles. The Kier molecular flexibility index (Phi) is 20.1. The molecule has 362 valence electrons. The Hall–Kier alpha value is -1.84. The molecule has 2 aliphatic heterocycles. The van der Waals surface area contributed by atoms with E-state index in [9.17, 15) is 19.2 Å². The number of likely N-dealkylation sites (tertiary alicyclic amines) is 2. The van der Waals surface area contributed by atoms with Crippen molar-refractivity contribution in [2.24, 2.45) is 16.2 Å². The number of unbranched alkanes of at least 4 members (excludes halogenated alkanes) is 10. The van der Waals surface area contributed by atoms with Crippen molar-refractivity contribution in [2.75, 3.05) is 26.2 Å². The standard InChI is InChI=1S/C53H100N4O5/c1-45(2,3)41(58)51(54-48(10,11)12,33-28-24-22-25-29-34-53(43(60)47(7,8)9)35-31-37-57(53)50(16,17)18)32-27-23-20-19-21-26-30-39-62-44(61)56-38-36-52(40-56,55-49(13,14)15)42(59)46(4,5)6/h54-55H,19-40H2,1-18H3/t51?,52-,53-/m0/s1. The van der Waals surface area contributed by atoms with Crippen LogP contribution >= 0.6 is 0 Å². The van der Waals surface area contributed by atoms with E-state index in [-0.39, 0.29) is 39.4 Å². The first-order chi connectivity index (χ1) is 28.1. The summed E-state index contributed by atoms with van der Waals surface area (Å²) in [5.41, 5.74) is -3.49. The van der Waals surface area contributed by atoms with E-state index in [1.165, 1.54) is 0 Å². The third kappa shape index (κ3) is 16.9. The largest absolute Gasteiger partial charge is 0.449 e. The van der Waals surface area contributed by atoms with Gasteiger partial charge in [-0.05, 0) is 114 Å². The first-order valence-corrected chi connectivity index (χ1v) is 25.1. The molecule has 9 heteroatoms. The van der Waals surface area contributed by atoms with E-state index >= 15 is 0 Å². The molecule has 0 radical (unpaired) electrons. The van der Waals surface area contributed by atoms with Crippen molar-refractivity contribution in [3.05, 3.63) is 0 Å². The fraction of sp³-hybridized carbons (Fsp3) is 0.925. The molecule has 2 aliphatic rings. The van der Waals surface area contributed by atoms with Gasteiger partial charge in [0.15, 0.2) is 17.3 Å². The molecule has 0 bridgehead atoms. The first kappa shape index (κ1) is 56.3. The molecule has 0 aliphatic carbocycles. The molecule has 62 heavy (non-hydrogen) atoms.